The van der Waals surface area contributed by atoms with Crippen LogP contribution in [-0.2, 0) is 19.2 Å². The minimum atomic E-state index is -0.709. The molecule has 43 heavy (non-hydrogen) atoms. The van der Waals surface area contributed by atoms with E-state index in [1.807, 2.05) is 12.1 Å². The molecule has 0 saturated carbocycles. The Labute approximate surface area is 255 Å². The molecule has 4 atom stereocenters. The highest BCUT2D eigenvalue weighted by Gasteiger charge is 2.56. The average molecular weight is 634 g/mol. The molecule has 0 unspecified atom stereocenters. The molecule has 1 fully saturated rings. The summed E-state index contributed by atoms with van der Waals surface area (Å²) >= 11 is 3.23. The number of ketones is 3. The van der Waals surface area contributed by atoms with Gasteiger partial charge >= 0.3 is 0 Å². The van der Waals surface area contributed by atoms with Crippen LogP contribution in [0, 0.1) is 17.8 Å². The lowest BCUT2D eigenvalue weighted by molar-refractivity contribution is -0.123. The van der Waals surface area contributed by atoms with Crippen LogP contribution < -0.4 is 4.90 Å². The minimum Gasteiger partial charge on any atom is -0.508 e. The number of carbonyl (C=O) groups excluding carboxylic acids is 5. The number of phenolic OH excluding ortho intramolecular Hbond substituents is 1. The van der Waals surface area contributed by atoms with Gasteiger partial charge in [-0.05, 0) is 76.7 Å². The van der Waals surface area contributed by atoms with Crippen molar-refractivity contribution in [1.82, 2.24) is 0 Å². The van der Waals surface area contributed by atoms with Crippen LogP contribution in [0.1, 0.15) is 40.2 Å². The molecule has 1 heterocycles. The third-order valence-electron chi connectivity index (χ3n) is 8.98. The zero-order valence-corrected chi connectivity index (χ0v) is 24.3. The van der Waals surface area contributed by atoms with E-state index in [0.717, 1.165) is 11.1 Å². The largest absolute Gasteiger partial charge is 0.508 e. The van der Waals surface area contributed by atoms with Gasteiger partial charge in [-0.1, -0.05) is 54.1 Å². The average Bonchev–Trinajstić information content (AvgIpc) is 3.28. The summed E-state index contributed by atoms with van der Waals surface area (Å²) in [4.78, 5) is 68.6. The van der Waals surface area contributed by atoms with Gasteiger partial charge in [-0.25, -0.2) is 0 Å². The van der Waals surface area contributed by atoms with Gasteiger partial charge in [0.2, 0.25) is 11.8 Å². The number of benzene rings is 3. The molecular weight excluding hydrogens is 610 g/mol. The molecule has 1 saturated heterocycles. The van der Waals surface area contributed by atoms with E-state index < -0.39 is 23.7 Å². The van der Waals surface area contributed by atoms with Crippen LogP contribution in [0.4, 0.5) is 5.69 Å². The van der Waals surface area contributed by atoms with E-state index in [1.165, 1.54) is 23.1 Å². The lowest BCUT2D eigenvalue weighted by Crippen LogP contribution is -2.39. The summed E-state index contributed by atoms with van der Waals surface area (Å²) in [6.07, 6.45) is 3.73. The van der Waals surface area contributed by atoms with Crippen molar-refractivity contribution in [2.75, 3.05) is 4.90 Å². The highest BCUT2D eigenvalue weighted by Crippen LogP contribution is 2.55. The van der Waals surface area contributed by atoms with E-state index in [0.29, 0.717) is 34.4 Å². The predicted molar refractivity (Wildman–Crippen MR) is 161 cm³/mol. The number of imide groups is 1. The number of nitrogens with zero attached hydrogens (tertiary/aromatic N) is 1. The fourth-order valence-corrected chi connectivity index (χ4v) is 7.47. The molecular formula is C35H24BrNO6. The van der Waals surface area contributed by atoms with Crippen LogP contribution in [-0.4, -0.2) is 34.3 Å². The van der Waals surface area contributed by atoms with E-state index in [-0.39, 0.29) is 45.8 Å². The van der Waals surface area contributed by atoms with E-state index in [1.54, 1.807) is 60.7 Å². The summed E-state index contributed by atoms with van der Waals surface area (Å²) in [5.74, 6) is -3.70. The van der Waals surface area contributed by atoms with Crippen molar-refractivity contribution in [2.45, 2.75) is 18.8 Å². The fraction of sp³-hybridized carbons (Fsp3) is 0.171. The second-order valence-electron chi connectivity index (χ2n) is 11.2. The van der Waals surface area contributed by atoms with Crippen LogP contribution >= 0.6 is 15.9 Å². The second kappa shape index (κ2) is 10.2. The molecule has 4 aliphatic rings. The van der Waals surface area contributed by atoms with Gasteiger partial charge in [-0.2, -0.15) is 0 Å². The number of hydrogen-bond donors (Lipinski definition) is 1. The molecule has 7 rings (SSSR count). The number of amides is 2. The van der Waals surface area contributed by atoms with Crippen molar-refractivity contribution in [3.05, 3.63) is 129 Å². The van der Waals surface area contributed by atoms with Crippen LogP contribution in [0.15, 0.2) is 112 Å². The van der Waals surface area contributed by atoms with Crippen LogP contribution in [0.5, 0.6) is 5.75 Å². The molecule has 7 nitrogen and oxygen atoms in total. The van der Waals surface area contributed by atoms with Crippen molar-refractivity contribution in [2.24, 2.45) is 17.8 Å². The smallest absolute Gasteiger partial charge is 0.238 e. The van der Waals surface area contributed by atoms with Crippen LogP contribution in [0.2, 0.25) is 0 Å². The van der Waals surface area contributed by atoms with Crippen LogP contribution in [0.3, 0.4) is 0 Å². The molecule has 3 aromatic rings. The maximum atomic E-state index is 14.1. The molecule has 3 aliphatic carbocycles. The quantitative estimate of drug-likeness (QED) is 0.174. The van der Waals surface area contributed by atoms with Gasteiger partial charge in [-0.3, -0.25) is 28.9 Å². The Balaban J connectivity index is 1.25. The van der Waals surface area contributed by atoms with Crippen LogP contribution in [0.25, 0.3) is 0 Å². The minimum absolute atomic E-state index is 0.0698. The lowest BCUT2D eigenvalue weighted by atomic mass is 9.59. The maximum Gasteiger partial charge on any atom is 0.238 e. The molecule has 8 heteroatoms. The third-order valence-corrected chi connectivity index (χ3v) is 9.57. The van der Waals surface area contributed by atoms with Gasteiger partial charge < -0.3 is 5.11 Å². The molecule has 0 aromatic heterocycles. The fourth-order valence-electron chi connectivity index (χ4n) is 7.03. The molecule has 212 valence electrons. The standard InChI is InChI=1S/C35H24BrNO6/c36-27-17-28(39)31-26(33(27)41)16-25-23(29(31)18-8-12-22(38)13-9-18)14-15-24-30(25)35(43)37(34(24)42)21-10-6-20(7-11-21)32(40)19-4-2-1-3-5-19/h1-14,17,24-25,29-30,38H,15-16H2/t24-,25+,29-,30-/m0/s1. The number of carbonyl (C=O) groups is 5. The summed E-state index contributed by atoms with van der Waals surface area (Å²) < 4.78 is 0.168. The molecule has 0 spiro atoms. The number of halogens is 1. The van der Waals surface area contributed by atoms with Gasteiger partial charge in [-0.15, -0.1) is 0 Å². The number of Topliss-reactive ketones (excluding diaryl/α,β-unsaturated/α-hetero) is 1. The third kappa shape index (κ3) is 4.28. The van der Waals surface area contributed by atoms with Crippen molar-refractivity contribution in [3.63, 3.8) is 0 Å². The number of fused-ring (bicyclic) bond motifs is 3. The summed E-state index contributed by atoms with van der Waals surface area (Å²) in [5, 5.41) is 9.91. The molecule has 1 N–H and O–H groups in total. The van der Waals surface area contributed by atoms with Crippen molar-refractivity contribution < 1.29 is 29.1 Å². The first kappa shape index (κ1) is 27.2. The molecule has 0 radical (unpaired) electrons. The first-order valence-electron chi connectivity index (χ1n) is 14.0. The highest BCUT2D eigenvalue weighted by molar-refractivity contribution is 9.12. The summed E-state index contributed by atoms with van der Waals surface area (Å²) in [6, 6.07) is 21.8. The molecule has 1 aliphatic heterocycles. The number of hydrogen-bond acceptors (Lipinski definition) is 6. The zero-order valence-electron chi connectivity index (χ0n) is 22.7. The number of phenols is 1. The highest BCUT2D eigenvalue weighted by atomic mass is 79.9. The Morgan fingerprint density at radius 1 is 0.814 bits per heavy atom. The topological polar surface area (TPSA) is 109 Å². The number of allylic oxidation sites excluding steroid dienone is 6. The number of aromatic hydroxyl groups is 1. The number of rotatable bonds is 4. The predicted octanol–water partition coefficient (Wildman–Crippen LogP) is 5.59. The summed E-state index contributed by atoms with van der Waals surface area (Å²) in [5.41, 5.74) is 3.66. The number of anilines is 1. The lowest BCUT2D eigenvalue weighted by Gasteiger charge is -2.42. The Morgan fingerprint density at radius 2 is 1.49 bits per heavy atom. The molecule has 3 aromatic carbocycles. The van der Waals surface area contributed by atoms with E-state index in [9.17, 15) is 29.1 Å². The van der Waals surface area contributed by atoms with Crippen molar-refractivity contribution >= 4 is 50.8 Å². The van der Waals surface area contributed by atoms with E-state index >= 15 is 0 Å². The second-order valence-corrected chi connectivity index (χ2v) is 12.1. The SMILES string of the molecule is O=C1C=C(Br)C(=O)C2=C1[C@@H](c1ccc(O)cc1)C1=CC[C@@H]3C(=O)N(c4ccc(C(=O)c5ccccc5)cc4)C(=O)[C@@H]3[C@@H]1C2. The Bertz CT molecular complexity index is 1830. The maximum absolute atomic E-state index is 14.1. The summed E-state index contributed by atoms with van der Waals surface area (Å²) in [7, 11) is 0. The zero-order chi connectivity index (χ0) is 30.0. The van der Waals surface area contributed by atoms with Gasteiger partial charge in [0, 0.05) is 34.3 Å². The van der Waals surface area contributed by atoms with Crippen molar-refractivity contribution in [1.29, 1.82) is 0 Å². The van der Waals surface area contributed by atoms with Gasteiger partial charge in [0.25, 0.3) is 0 Å². The Morgan fingerprint density at radius 3 is 2.19 bits per heavy atom. The van der Waals surface area contributed by atoms with Gasteiger partial charge in [0.05, 0.1) is 22.0 Å². The first-order chi connectivity index (χ1) is 20.7. The van der Waals surface area contributed by atoms with Crippen molar-refractivity contribution in [3.8, 4) is 5.75 Å². The molecule has 0 bridgehead atoms. The van der Waals surface area contributed by atoms with E-state index in [2.05, 4.69) is 15.9 Å². The van der Waals surface area contributed by atoms with E-state index in [4.69, 9.17) is 0 Å². The normalized spacial score (nSPS) is 24.7. The van der Waals surface area contributed by atoms with Gasteiger partial charge in [0.1, 0.15) is 5.75 Å². The summed E-state index contributed by atoms with van der Waals surface area (Å²) in [6.45, 7) is 0. The first-order valence-corrected chi connectivity index (χ1v) is 14.8. The molecule has 2 amide bonds. The Kier molecular flexibility index (Phi) is 6.47. The van der Waals surface area contributed by atoms with Gasteiger partial charge in [0.15, 0.2) is 17.3 Å². The Hall–Kier alpha value is -4.69. The monoisotopic (exact) mass is 633 g/mol.